The van der Waals surface area contributed by atoms with Gasteiger partial charge in [-0.15, -0.1) is 0 Å². The maximum Gasteiger partial charge on any atom is 0.471 e. The summed E-state index contributed by atoms with van der Waals surface area (Å²) >= 11 is 0. The number of halogens is 3. The highest BCUT2D eigenvalue weighted by Gasteiger charge is 2.43. The molecule has 0 aromatic heterocycles. The number of ketones is 1. The third-order valence-corrected chi connectivity index (χ3v) is 6.81. The number of hydrogen-bond acceptors (Lipinski definition) is 3. The van der Waals surface area contributed by atoms with Gasteiger partial charge in [-0.2, -0.15) is 13.2 Å². The fourth-order valence-electron chi connectivity index (χ4n) is 5.16. The molecule has 30 heavy (non-hydrogen) atoms. The molecule has 2 aliphatic rings. The summed E-state index contributed by atoms with van der Waals surface area (Å²) in [5, 5.41) is 10.7. The minimum absolute atomic E-state index is 0.0241. The Hall–Kier alpha value is -2.05. The Morgan fingerprint density at radius 3 is 2.47 bits per heavy atom. The van der Waals surface area contributed by atoms with Crippen LogP contribution in [0.25, 0.3) is 0 Å². The van der Waals surface area contributed by atoms with Gasteiger partial charge in [-0.05, 0) is 60.8 Å². The lowest BCUT2D eigenvalue weighted by molar-refractivity contribution is -0.186. The number of phenolic OH excluding ortho intramolecular Hbond substituents is 1. The van der Waals surface area contributed by atoms with Crippen molar-refractivity contribution >= 4 is 11.7 Å². The molecule has 1 fully saturated rings. The van der Waals surface area contributed by atoms with Crippen LogP contribution in [0.5, 0.6) is 5.75 Å². The molecule has 1 aliphatic carbocycles. The van der Waals surface area contributed by atoms with Crippen LogP contribution >= 0.6 is 0 Å². The van der Waals surface area contributed by atoms with E-state index in [2.05, 4.69) is 6.92 Å². The molecule has 0 bridgehead atoms. The third kappa shape index (κ3) is 4.65. The molecule has 1 amide bonds. The van der Waals surface area contributed by atoms with Crippen molar-refractivity contribution < 1.29 is 27.9 Å². The zero-order chi connectivity index (χ0) is 22.2. The lowest BCUT2D eigenvalue weighted by atomic mass is 9.79. The Balaban J connectivity index is 1.79. The SMILES string of the molecule is Cc1c(O)c(CC(=O)CC2CCC[C@@H](C)C2)c(C)c2c1CN(C(=O)C(F)(F)F)CC2. The van der Waals surface area contributed by atoms with E-state index in [1.165, 1.54) is 6.42 Å². The Kier molecular flexibility index (Phi) is 6.48. The second-order valence-electron chi connectivity index (χ2n) is 9.07. The van der Waals surface area contributed by atoms with Crippen LogP contribution in [0, 0.1) is 25.7 Å². The third-order valence-electron chi connectivity index (χ3n) is 6.81. The van der Waals surface area contributed by atoms with Gasteiger partial charge in [0.05, 0.1) is 0 Å². The first-order chi connectivity index (χ1) is 14.0. The average Bonchev–Trinajstić information content (AvgIpc) is 2.68. The molecule has 1 heterocycles. The fourth-order valence-corrected chi connectivity index (χ4v) is 5.16. The van der Waals surface area contributed by atoms with Crippen LogP contribution in [0.1, 0.15) is 66.8 Å². The van der Waals surface area contributed by atoms with Crippen molar-refractivity contribution in [3.63, 3.8) is 0 Å². The second kappa shape index (κ2) is 8.60. The summed E-state index contributed by atoms with van der Waals surface area (Å²) in [5.41, 5.74) is 3.22. The molecule has 166 valence electrons. The Morgan fingerprint density at radius 1 is 1.13 bits per heavy atom. The largest absolute Gasteiger partial charge is 0.507 e. The number of amides is 1. The highest BCUT2D eigenvalue weighted by Crippen LogP contribution is 2.38. The molecule has 1 unspecified atom stereocenters. The predicted molar refractivity (Wildman–Crippen MR) is 107 cm³/mol. The van der Waals surface area contributed by atoms with Crippen LogP contribution < -0.4 is 0 Å². The number of hydrogen-bond donors (Lipinski definition) is 1. The number of rotatable bonds is 4. The molecule has 2 atom stereocenters. The van der Waals surface area contributed by atoms with Crippen LogP contribution in [-0.2, 0) is 29.0 Å². The molecule has 0 radical (unpaired) electrons. The minimum atomic E-state index is -4.91. The van der Waals surface area contributed by atoms with E-state index in [0.29, 0.717) is 34.9 Å². The highest BCUT2D eigenvalue weighted by molar-refractivity contribution is 5.84. The summed E-state index contributed by atoms with van der Waals surface area (Å²) in [6, 6.07) is 0. The zero-order valence-electron chi connectivity index (χ0n) is 17.9. The van der Waals surface area contributed by atoms with E-state index in [1.807, 2.05) is 6.92 Å². The number of phenols is 1. The van der Waals surface area contributed by atoms with Gasteiger partial charge in [0.25, 0.3) is 0 Å². The molecule has 1 aromatic carbocycles. The monoisotopic (exact) mass is 425 g/mol. The molecule has 0 spiro atoms. The molecule has 1 N–H and O–H groups in total. The van der Waals surface area contributed by atoms with Crippen molar-refractivity contribution in [3.05, 3.63) is 27.8 Å². The van der Waals surface area contributed by atoms with Crippen molar-refractivity contribution in [3.8, 4) is 5.75 Å². The van der Waals surface area contributed by atoms with Gasteiger partial charge >= 0.3 is 12.1 Å². The number of carbonyl (C=O) groups excluding carboxylic acids is 2. The smallest absolute Gasteiger partial charge is 0.471 e. The lowest BCUT2D eigenvalue weighted by Gasteiger charge is -2.33. The molecular weight excluding hydrogens is 395 g/mol. The van der Waals surface area contributed by atoms with E-state index in [0.717, 1.165) is 35.3 Å². The normalized spacial score (nSPS) is 22.0. The topological polar surface area (TPSA) is 57.6 Å². The summed E-state index contributed by atoms with van der Waals surface area (Å²) in [6.07, 6.45) is 0.499. The van der Waals surface area contributed by atoms with Crippen LogP contribution in [0.15, 0.2) is 0 Å². The first kappa shape index (κ1) is 22.6. The molecule has 1 aromatic rings. The minimum Gasteiger partial charge on any atom is -0.507 e. The number of alkyl halides is 3. The second-order valence-corrected chi connectivity index (χ2v) is 9.07. The molecule has 1 saturated carbocycles. The summed E-state index contributed by atoms with van der Waals surface area (Å²) in [7, 11) is 0. The first-order valence-corrected chi connectivity index (χ1v) is 10.7. The van der Waals surface area contributed by atoms with Gasteiger partial charge in [-0.25, -0.2) is 0 Å². The van der Waals surface area contributed by atoms with Crippen molar-refractivity contribution in [1.29, 1.82) is 0 Å². The van der Waals surface area contributed by atoms with E-state index >= 15 is 0 Å². The maximum absolute atomic E-state index is 12.8. The van der Waals surface area contributed by atoms with Crippen molar-refractivity contribution in [2.45, 2.75) is 78.4 Å². The summed E-state index contributed by atoms with van der Waals surface area (Å²) in [4.78, 5) is 25.1. The Bertz CT molecular complexity index is 847. The number of aromatic hydroxyl groups is 1. The highest BCUT2D eigenvalue weighted by atomic mass is 19.4. The Labute approximate surface area is 175 Å². The van der Waals surface area contributed by atoms with Crippen molar-refractivity contribution in [2.24, 2.45) is 11.8 Å². The van der Waals surface area contributed by atoms with E-state index < -0.39 is 12.1 Å². The Morgan fingerprint density at radius 2 is 1.83 bits per heavy atom. The first-order valence-electron chi connectivity index (χ1n) is 10.7. The van der Waals surface area contributed by atoms with E-state index in [4.69, 9.17) is 0 Å². The number of fused-ring (bicyclic) bond motifs is 1. The van der Waals surface area contributed by atoms with Gasteiger partial charge in [0.2, 0.25) is 0 Å². The van der Waals surface area contributed by atoms with Crippen LogP contribution in [0.4, 0.5) is 13.2 Å². The number of Topliss-reactive ketones (excluding diaryl/α,β-unsaturated/α-hetero) is 1. The summed E-state index contributed by atoms with van der Waals surface area (Å²) in [5.74, 6) is -0.760. The van der Waals surface area contributed by atoms with Gasteiger partial charge in [0.1, 0.15) is 11.5 Å². The van der Waals surface area contributed by atoms with E-state index in [9.17, 15) is 27.9 Å². The number of carbonyl (C=O) groups is 2. The summed E-state index contributed by atoms with van der Waals surface area (Å²) in [6.45, 7) is 5.47. The molecular formula is C23H30F3NO3. The van der Waals surface area contributed by atoms with Gasteiger partial charge < -0.3 is 10.0 Å². The van der Waals surface area contributed by atoms with Gasteiger partial charge in [-0.3, -0.25) is 9.59 Å². The molecule has 1 aliphatic heterocycles. The van der Waals surface area contributed by atoms with Crippen LogP contribution in [0.3, 0.4) is 0 Å². The van der Waals surface area contributed by atoms with Gasteiger partial charge in [-0.1, -0.05) is 26.2 Å². The maximum atomic E-state index is 12.8. The van der Waals surface area contributed by atoms with Gasteiger partial charge in [0.15, 0.2) is 0 Å². The zero-order valence-corrected chi connectivity index (χ0v) is 17.9. The van der Waals surface area contributed by atoms with E-state index in [-0.39, 0.29) is 37.5 Å². The predicted octanol–water partition coefficient (Wildman–Crippen LogP) is 4.78. The van der Waals surface area contributed by atoms with Crippen LogP contribution in [0.2, 0.25) is 0 Å². The molecule has 4 nitrogen and oxygen atoms in total. The molecule has 7 heteroatoms. The van der Waals surface area contributed by atoms with Gasteiger partial charge in [0, 0.05) is 31.5 Å². The van der Waals surface area contributed by atoms with Crippen molar-refractivity contribution in [2.75, 3.05) is 6.54 Å². The lowest BCUT2D eigenvalue weighted by Crippen LogP contribution is -2.44. The molecule has 0 saturated heterocycles. The van der Waals surface area contributed by atoms with Crippen molar-refractivity contribution in [1.82, 2.24) is 4.90 Å². The van der Waals surface area contributed by atoms with E-state index in [1.54, 1.807) is 6.92 Å². The van der Waals surface area contributed by atoms with Crippen LogP contribution in [-0.4, -0.2) is 34.4 Å². The number of benzene rings is 1. The number of nitrogens with zero attached hydrogens (tertiary/aromatic N) is 1. The standard InChI is InChI=1S/C23H30F3NO3/c1-13-5-4-6-16(9-13)10-17(28)11-19-14(2)18-7-8-27(22(30)23(24,25)26)12-20(18)15(3)21(19)29/h13,16,29H,4-12H2,1-3H3/t13-,16?/m1/s1. The molecule has 3 rings (SSSR count). The quantitative estimate of drug-likeness (QED) is 0.755. The fraction of sp³-hybridized carbons (Fsp3) is 0.652. The summed E-state index contributed by atoms with van der Waals surface area (Å²) < 4.78 is 38.4. The average molecular weight is 425 g/mol.